The van der Waals surface area contributed by atoms with Gasteiger partial charge in [0.25, 0.3) is 0 Å². The van der Waals surface area contributed by atoms with Gasteiger partial charge in [-0.05, 0) is 53.1 Å². The molecule has 180 valence electrons. The van der Waals surface area contributed by atoms with Crippen molar-refractivity contribution >= 4 is 16.9 Å². The average Bonchev–Trinajstić information content (AvgIpc) is 3.32. The summed E-state index contributed by atoms with van der Waals surface area (Å²) in [5, 5.41) is 10.1. The van der Waals surface area contributed by atoms with Crippen molar-refractivity contribution in [2.24, 2.45) is 5.73 Å². The minimum Gasteiger partial charge on any atom is -0.488 e. The van der Waals surface area contributed by atoms with Gasteiger partial charge in [0.15, 0.2) is 11.3 Å². The highest BCUT2D eigenvalue weighted by Gasteiger charge is 2.17. The highest BCUT2D eigenvalue weighted by Crippen LogP contribution is 2.38. The van der Waals surface area contributed by atoms with E-state index in [9.17, 15) is 9.90 Å². The normalized spacial score (nSPS) is 10.9. The zero-order valence-corrected chi connectivity index (χ0v) is 19.5. The summed E-state index contributed by atoms with van der Waals surface area (Å²) in [6, 6.07) is 28.8. The lowest BCUT2D eigenvalue weighted by atomic mass is 10.00. The maximum Gasteiger partial charge on any atom is 0.307 e. The largest absolute Gasteiger partial charge is 0.488 e. The quantitative estimate of drug-likeness (QED) is 0.249. The number of fused-ring (bicyclic) bond motifs is 1. The van der Waals surface area contributed by atoms with Gasteiger partial charge in [-0.2, -0.15) is 0 Å². The number of carboxylic acid groups (broad SMARTS) is 1. The van der Waals surface area contributed by atoms with Gasteiger partial charge in [-0.25, -0.2) is 0 Å². The van der Waals surface area contributed by atoms with Gasteiger partial charge in [-0.15, -0.1) is 0 Å². The number of benzene rings is 4. The van der Waals surface area contributed by atoms with Crippen LogP contribution in [-0.4, -0.2) is 11.1 Å². The van der Waals surface area contributed by atoms with Gasteiger partial charge in [0.1, 0.15) is 18.1 Å². The van der Waals surface area contributed by atoms with Crippen molar-refractivity contribution in [3.8, 4) is 28.4 Å². The molecule has 3 N–H and O–H groups in total. The van der Waals surface area contributed by atoms with Crippen molar-refractivity contribution in [3.05, 3.63) is 114 Å². The van der Waals surface area contributed by atoms with Crippen molar-refractivity contribution in [2.45, 2.75) is 19.6 Å². The Bertz CT molecular complexity index is 1510. The summed E-state index contributed by atoms with van der Waals surface area (Å²) in [5.41, 5.74) is 10.9. The second-order valence-electron chi connectivity index (χ2n) is 8.40. The number of rotatable bonds is 9. The molecule has 0 aliphatic heterocycles. The summed E-state index contributed by atoms with van der Waals surface area (Å²) in [6.07, 6.45) is 1.54. The van der Waals surface area contributed by atoms with Crippen molar-refractivity contribution in [2.75, 3.05) is 0 Å². The van der Waals surface area contributed by atoms with Gasteiger partial charge in [-0.3, -0.25) is 4.79 Å². The van der Waals surface area contributed by atoms with Crippen LogP contribution in [0.2, 0.25) is 0 Å². The standard InChI is InChI=1S/C30H25NO5/c31-17-20-7-6-9-21(13-20)23-14-26-24(18-34-27-12-5-4-8-22(27)16-29(32)33)19-35-30(26)28(15-23)36-25-10-2-1-3-11-25/h1-15,19H,16-18,31H2,(H,32,33). The molecule has 4 aromatic carbocycles. The number of carboxylic acids is 1. The van der Waals surface area contributed by atoms with E-state index in [1.165, 1.54) is 0 Å². The van der Waals surface area contributed by atoms with Crippen LogP contribution < -0.4 is 15.2 Å². The molecule has 0 saturated carbocycles. The van der Waals surface area contributed by atoms with E-state index in [0.29, 0.717) is 34.9 Å². The third-order valence-corrected chi connectivity index (χ3v) is 5.88. The summed E-state index contributed by atoms with van der Waals surface area (Å²) in [5.74, 6) is 0.904. The summed E-state index contributed by atoms with van der Waals surface area (Å²) < 4.78 is 18.2. The molecule has 0 radical (unpaired) electrons. The van der Waals surface area contributed by atoms with Gasteiger partial charge >= 0.3 is 5.97 Å². The minimum absolute atomic E-state index is 0.112. The number of ether oxygens (including phenoxy) is 2. The van der Waals surface area contributed by atoms with E-state index in [0.717, 1.165) is 27.6 Å². The lowest BCUT2D eigenvalue weighted by Gasteiger charge is -2.12. The number of para-hydroxylation sites is 2. The van der Waals surface area contributed by atoms with Crippen LogP contribution in [-0.2, 0) is 24.4 Å². The Hall–Kier alpha value is -4.55. The molecule has 5 aromatic rings. The van der Waals surface area contributed by atoms with Crippen molar-refractivity contribution in [1.29, 1.82) is 0 Å². The Labute approximate surface area is 208 Å². The first kappa shape index (κ1) is 23.2. The van der Waals surface area contributed by atoms with E-state index >= 15 is 0 Å². The molecule has 0 aliphatic carbocycles. The van der Waals surface area contributed by atoms with Crippen LogP contribution in [0.5, 0.6) is 17.2 Å². The first-order valence-corrected chi connectivity index (χ1v) is 11.6. The lowest BCUT2D eigenvalue weighted by molar-refractivity contribution is -0.136. The van der Waals surface area contributed by atoms with Crippen LogP contribution in [0.1, 0.15) is 16.7 Å². The van der Waals surface area contributed by atoms with Gasteiger partial charge in [-0.1, -0.05) is 54.6 Å². The topological polar surface area (TPSA) is 94.9 Å². The molecule has 1 heterocycles. The van der Waals surface area contributed by atoms with Crippen LogP contribution in [0, 0.1) is 0 Å². The maximum atomic E-state index is 11.2. The van der Waals surface area contributed by atoms with E-state index in [1.807, 2.05) is 66.7 Å². The third kappa shape index (κ3) is 5.09. The molecule has 0 spiro atoms. The van der Waals surface area contributed by atoms with Gasteiger partial charge in [0, 0.05) is 23.1 Å². The second-order valence-corrected chi connectivity index (χ2v) is 8.40. The van der Waals surface area contributed by atoms with Crippen LogP contribution in [0.4, 0.5) is 0 Å². The Balaban J connectivity index is 1.54. The number of hydrogen-bond acceptors (Lipinski definition) is 5. The monoisotopic (exact) mass is 479 g/mol. The van der Waals surface area contributed by atoms with Crippen LogP contribution >= 0.6 is 0 Å². The average molecular weight is 480 g/mol. The molecule has 6 heteroatoms. The van der Waals surface area contributed by atoms with E-state index in [-0.39, 0.29) is 13.0 Å². The van der Waals surface area contributed by atoms with Crippen molar-refractivity contribution < 1.29 is 23.8 Å². The predicted octanol–water partition coefficient (Wildman–Crippen LogP) is 6.56. The van der Waals surface area contributed by atoms with Crippen LogP contribution in [0.25, 0.3) is 22.1 Å². The first-order chi connectivity index (χ1) is 17.6. The number of aliphatic carboxylic acids is 1. The lowest BCUT2D eigenvalue weighted by Crippen LogP contribution is -2.04. The molecule has 0 amide bonds. The second kappa shape index (κ2) is 10.4. The number of furan rings is 1. The van der Waals surface area contributed by atoms with Gasteiger partial charge in [0.05, 0.1) is 12.7 Å². The summed E-state index contributed by atoms with van der Waals surface area (Å²) in [7, 11) is 0. The fourth-order valence-corrected chi connectivity index (χ4v) is 4.11. The Morgan fingerprint density at radius 3 is 2.44 bits per heavy atom. The van der Waals surface area contributed by atoms with E-state index in [4.69, 9.17) is 19.6 Å². The molecular formula is C30H25NO5. The molecule has 0 fully saturated rings. The van der Waals surface area contributed by atoms with E-state index < -0.39 is 5.97 Å². The van der Waals surface area contributed by atoms with Gasteiger partial charge in [0.2, 0.25) is 0 Å². The zero-order valence-electron chi connectivity index (χ0n) is 19.5. The smallest absolute Gasteiger partial charge is 0.307 e. The van der Waals surface area contributed by atoms with Crippen molar-refractivity contribution in [3.63, 3.8) is 0 Å². The summed E-state index contributed by atoms with van der Waals surface area (Å²) in [6.45, 7) is 0.657. The molecule has 6 nitrogen and oxygen atoms in total. The number of carbonyl (C=O) groups is 1. The maximum absolute atomic E-state index is 11.2. The predicted molar refractivity (Wildman–Crippen MR) is 138 cm³/mol. The first-order valence-electron chi connectivity index (χ1n) is 11.6. The third-order valence-electron chi connectivity index (χ3n) is 5.88. The van der Waals surface area contributed by atoms with Crippen molar-refractivity contribution in [1.82, 2.24) is 0 Å². The SMILES string of the molecule is NCc1cccc(-c2cc(Oc3ccccc3)c3occ(COc4ccccc4CC(=O)O)c3c2)c1. The molecule has 0 atom stereocenters. The molecule has 0 aliphatic rings. The van der Waals surface area contributed by atoms with Crippen LogP contribution in [0.3, 0.4) is 0 Å². The highest BCUT2D eigenvalue weighted by atomic mass is 16.5. The zero-order chi connectivity index (χ0) is 24.9. The van der Waals surface area contributed by atoms with Crippen LogP contribution in [0.15, 0.2) is 102 Å². The Morgan fingerprint density at radius 2 is 1.64 bits per heavy atom. The number of nitrogens with two attached hydrogens (primary N) is 1. The summed E-state index contributed by atoms with van der Waals surface area (Å²) in [4.78, 5) is 11.2. The Morgan fingerprint density at radius 1 is 0.833 bits per heavy atom. The number of hydrogen-bond donors (Lipinski definition) is 2. The van der Waals surface area contributed by atoms with Gasteiger partial charge < -0.3 is 24.7 Å². The molecule has 36 heavy (non-hydrogen) atoms. The summed E-state index contributed by atoms with van der Waals surface area (Å²) >= 11 is 0. The molecule has 0 saturated heterocycles. The van der Waals surface area contributed by atoms with E-state index in [2.05, 4.69) is 6.07 Å². The van der Waals surface area contributed by atoms with E-state index in [1.54, 1.807) is 24.5 Å². The minimum atomic E-state index is -0.910. The fourth-order valence-electron chi connectivity index (χ4n) is 4.11. The molecule has 5 rings (SSSR count). The Kier molecular flexibility index (Phi) is 6.69. The molecule has 1 aromatic heterocycles. The highest BCUT2D eigenvalue weighted by molar-refractivity contribution is 5.91. The molecular weight excluding hydrogens is 454 g/mol. The molecule has 0 bridgehead atoms. The molecule has 0 unspecified atom stereocenters. The fraction of sp³-hybridized carbons (Fsp3) is 0.100.